The molecule has 15 heavy (non-hydrogen) atoms. The molecule has 0 aliphatic carbocycles. The van der Waals surface area contributed by atoms with Crippen LogP contribution in [0.1, 0.15) is 5.56 Å². The van der Waals surface area contributed by atoms with Gasteiger partial charge in [0.25, 0.3) is 0 Å². The zero-order valence-corrected chi connectivity index (χ0v) is 8.93. The van der Waals surface area contributed by atoms with Gasteiger partial charge in [0.2, 0.25) is 0 Å². The van der Waals surface area contributed by atoms with Gasteiger partial charge < -0.3 is 0 Å². The lowest BCUT2D eigenvalue weighted by molar-refractivity contribution is -0.138. The highest BCUT2D eigenvalue weighted by Crippen LogP contribution is 2.37. The molecule has 1 aromatic heterocycles. The number of benzene rings is 1. The Morgan fingerprint density at radius 3 is 2.53 bits per heavy atom. The summed E-state index contributed by atoms with van der Waals surface area (Å²) in [4.78, 5) is 3.97. The lowest BCUT2D eigenvalue weighted by Gasteiger charge is -2.10. The Morgan fingerprint density at radius 1 is 1.13 bits per heavy atom. The normalized spacial score (nSPS) is 12.0. The molecule has 1 aromatic carbocycles. The summed E-state index contributed by atoms with van der Waals surface area (Å²) in [7, 11) is 0. The summed E-state index contributed by atoms with van der Waals surface area (Å²) in [6.45, 7) is 0. The molecule has 0 unspecified atom stereocenters. The Kier molecular flexibility index (Phi) is 2.42. The molecule has 78 valence electrons. The van der Waals surface area contributed by atoms with Crippen molar-refractivity contribution in [3.63, 3.8) is 0 Å². The first-order valence-corrected chi connectivity index (χ1v) is 4.90. The van der Waals surface area contributed by atoms with E-state index in [9.17, 15) is 13.2 Å². The van der Waals surface area contributed by atoms with Gasteiger partial charge in [0.15, 0.2) is 0 Å². The fraction of sp³-hybridized carbons (Fsp3) is 0.100. The number of rotatable bonds is 0. The molecular formula is C10H5BrF3N. The van der Waals surface area contributed by atoms with Crippen molar-refractivity contribution in [2.75, 3.05) is 0 Å². The molecule has 0 saturated carbocycles. The molecule has 5 heteroatoms. The van der Waals surface area contributed by atoms with E-state index < -0.39 is 11.7 Å². The van der Waals surface area contributed by atoms with Crippen molar-refractivity contribution >= 4 is 26.8 Å². The van der Waals surface area contributed by atoms with Crippen molar-refractivity contribution in [1.82, 2.24) is 4.98 Å². The largest absolute Gasteiger partial charge is 0.417 e. The number of pyridine rings is 1. The SMILES string of the molecule is FC(F)(F)c1ccc2ncccc2c1Br. The number of alkyl halides is 3. The second-order valence-electron chi connectivity index (χ2n) is 2.99. The van der Waals surface area contributed by atoms with Crippen LogP contribution in [0.25, 0.3) is 10.9 Å². The van der Waals surface area contributed by atoms with E-state index >= 15 is 0 Å². The van der Waals surface area contributed by atoms with Crippen molar-refractivity contribution in [3.05, 3.63) is 40.5 Å². The van der Waals surface area contributed by atoms with E-state index in [0.29, 0.717) is 10.9 Å². The van der Waals surface area contributed by atoms with Crippen LogP contribution in [0.4, 0.5) is 13.2 Å². The van der Waals surface area contributed by atoms with Gasteiger partial charge >= 0.3 is 6.18 Å². The predicted molar refractivity (Wildman–Crippen MR) is 54.4 cm³/mol. The lowest BCUT2D eigenvalue weighted by atomic mass is 10.1. The third-order valence-electron chi connectivity index (χ3n) is 2.02. The number of nitrogens with zero attached hydrogens (tertiary/aromatic N) is 1. The summed E-state index contributed by atoms with van der Waals surface area (Å²) in [5, 5.41) is 0.465. The molecule has 2 aromatic rings. The highest BCUT2D eigenvalue weighted by atomic mass is 79.9. The topological polar surface area (TPSA) is 12.9 Å². The first kappa shape index (κ1) is 10.4. The summed E-state index contributed by atoms with van der Waals surface area (Å²) < 4.78 is 37.6. The van der Waals surface area contributed by atoms with Crippen LogP contribution in [0.3, 0.4) is 0 Å². The third kappa shape index (κ3) is 1.84. The number of fused-ring (bicyclic) bond motifs is 1. The van der Waals surface area contributed by atoms with Gasteiger partial charge in [-0.25, -0.2) is 0 Å². The molecule has 1 heterocycles. The Balaban J connectivity index is 2.76. The van der Waals surface area contributed by atoms with Gasteiger partial charge in [0.1, 0.15) is 0 Å². The molecule has 2 rings (SSSR count). The molecular weight excluding hydrogens is 271 g/mol. The molecule has 0 N–H and O–H groups in total. The van der Waals surface area contributed by atoms with Gasteiger partial charge in [0, 0.05) is 16.1 Å². The van der Waals surface area contributed by atoms with E-state index in [1.54, 1.807) is 18.3 Å². The van der Waals surface area contributed by atoms with Crippen molar-refractivity contribution in [2.24, 2.45) is 0 Å². The average molecular weight is 276 g/mol. The quantitative estimate of drug-likeness (QED) is 0.708. The fourth-order valence-electron chi connectivity index (χ4n) is 1.34. The van der Waals surface area contributed by atoms with Crippen LogP contribution in [0.15, 0.2) is 34.9 Å². The number of halogens is 4. The summed E-state index contributed by atoms with van der Waals surface area (Å²) in [6, 6.07) is 5.59. The van der Waals surface area contributed by atoms with Crippen molar-refractivity contribution in [3.8, 4) is 0 Å². The van der Waals surface area contributed by atoms with Crippen LogP contribution in [-0.2, 0) is 6.18 Å². The van der Waals surface area contributed by atoms with E-state index in [4.69, 9.17) is 0 Å². The van der Waals surface area contributed by atoms with E-state index in [2.05, 4.69) is 20.9 Å². The van der Waals surface area contributed by atoms with Crippen LogP contribution in [0.5, 0.6) is 0 Å². The Labute approximate surface area is 92.1 Å². The second-order valence-corrected chi connectivity index (χ2v) is 3.79. The fourth-order valence-corrected chi connectivity index (χ4v) is 2.03. The number of hydrogen-bond donors (Lipinski definition) is 0. The molecule has 0 spiro atoms. The predicted octanol–water partition coefficient (Wildman–Crippen LogP) is 4.02. The molecule has 0 aliphatic heterocycles. The van der Waals surface area contributed by atoms with Gasteiger partial charge in [-0.1, -0.05) is 6.07 Å². The van der Waals surface area contributed by atoms with Gasteiger partial charge in [-0.3, -0.25) is 4.98 Å². The van der Waals surface area contributed by atoms with Crippen molar-refractivity contribution in [2.45, 2.75) is 6.18 Å². The van der Waals surface area contributed by atoms with Crippen LogP contribution in [-0.4, -0.2) is 4.98 Å². The Bertz CT molecular complexity index is 507. The Hall–Kier alpha value is -1.10. The average Bonchev–Trinajstić information content (AvgIpc) is 2.16. The van der Waals surface area contributed by atoms with Crippen LogP contribution in [0.2, 0.25) is 0 Å². The van der Waals surface area contributed by atoms with Gasteiger partial charge in [-0.2, -0.15) is 13.2 Å². The molecule has 0 radical (unpaired) electrons. The molecule has 0 bridgehead atoms. The standard InChI is InChI=1S/C10H5BrF3N/c11-9-6-2-1-5-15-8(6)4-3-7(9)10(12,13)14/h1-5H. The number of aromatic nitrogens is 1. The highest BCUT2D eigenvalue weighted by Gasteiger charge is 2.33. The molecule has 0 amide bonds. The zero-order chi connectivity index (χ0) is 11.1. The van der Waals surface area contributed by atoms with Crippen LogP contribution < -0.4 is 0 Å². The monoisotopic (exact) mass is 275 g/mol. The van der Waals surface area contributed by atoms with Gasteiger partial charge in [0.05, 0.1) is 11.1 Å². The maximum Gasteiger partial charge on any atom is 0.417 e. The maximum absolute atomic E-state index is 12.5. The van der Waals surface area contributed by atoms with E-state index in [0.717, 1.165) is 6.07 Å². The van der Waals surface area contributed by atoms with E-state index in [1.165, 1.54) is 6.07 Å². The second kappa shape index (κ2) is 3.48. The Morgan fingerprint density at radius 2 is 1.87 bits per heavy atom. The molecule has 0 fully saturated rings. The molecule has 0 atom stereocenters. The first-order valence-electron chi connectivity index (χ1n) is 4.10. The third-order valence-corrected chi connectivity index (χ3v) is 2.88. The van der Waals surface area contributed by atoms with Crippen molar-refractivity contribution < 1.29 is 13.2 Å². The van der Waals surface area contributed by atoms with Crippen molar-refractivity contribution in [1.29, 1.82) is 0 Å². The smallest absolute Gasteiger partial charge is 0.256 e. The van der Waals surface area contributed by atoms with E-state index in [-0.39, 0.29) is 4.47 Å². The minimum atomic E-state index is -4.34. The van der Waals surface area contributed by atoms with Crippen LogP contribution >= 0.6 is 15.9 Å². The van der Waals surface area contributed by atoms with E-state index in [1.807, 2.05) is 0 Å². The van der Waals surface area contributed by atoms with Crippen LogP contribution in [0, 0.1) is 0 Å². The highest BCUT2D eigenvalue weighted by molar-refractivity contribution is 9.10. The van der Waals surface area contributed by atoms with Gasteiger partial charge in [-0.05, 0) is 34.1 Å². The minimum Gasteiger partial charge on any atom is -0.256 e. The summed E-state index contributed by atoms with van der Waals surface area (Å²) in [5.41, 5.74) is -0.139. The van der Waals surface area contributed by atoms with Gasteiger partial charge in [-0.15, -0.1) is 0 Å². The maximum atomic E-state index is 12.5. The molecule has 0 aliphatic rings. The minimum absolute atomic E-state index is 0.0422. The first-order chi connectivity index (χ1) is 7.00. The molecule has 1 nitrogen and oxygen atoms in total. The summed E-state index contributed by atoms with van der Waals surface area (Å²) in [5.74, 6) is 0. The summed E-state index contributed by atoms with van der Waals surface area (Å²) in [6.07, 6.45) is -2.80. The molecule has 0 saturated heterocycles. The lowest BCUT2D eigenvalue weighted by Crippen LogP contribution is -2.06. The summed E-state index contributed by atoms with van der Waals surface area (Å²) >= 11 is 2.96. The zero-order valence-electron chi connectivity index (χ0n) is 7.35. The number of hydrogen-bond acceptors (Lipinski definition) is 1.